The predicted molar refractivity (Wildman–Crippen MR) is 59.5 cm³/mol. The molecule has 16 heavy (non-hydrogen) atoms. The van der Waals surface area contributed by atoms with Crippen molar-refractivity contribution in [3.63, 3.8) is 0 Å². The molecule has 92 valence electrons. The maximum absolute atomic E-state index is 11.3. The first-order chi connectivity index (χ1) is 7.54. The number of esters is 1. The number of rotatable bonds is 4. The Hall–Kier alpha value is -1.10. The van der Waals surface area contributed by atoms with E-state index in [1.54, 1.807) is 0 Å². The van der Waals surface area contributed by atoms with Crippen LogP contribution in [0.25, 0.3) is 0 Å². The second-order valence-electron chi connectivity index (χ2n) is 4.40. The van der Waals surface area contributed by atoms with Gasteiger partial charge in [0, 0.05) is 12.5 Å². The highest BCUT2D eigenvalue weighted by atomic mass is 16.5. The predicted octanol–water partition coefficient (Wildman–Crippen LogP) is -0.00720. The molecule has 2 N–H and O–H groups in total. The summed E-state index contributed by atoms with van der Waals surface area (Å²) in [6.07, 6.45) is 1.61. The third kappa shape index (κ3) is 3.48. The average Bonchev–Trinajstić information content (AvgIpc) is 2.28. The molecule has 0 saturated carbocycles. The number of hydrogen-bond acceptors (Lipinski definition) is 4. The average molecular weight is 228 g/mol. The molecule has 1 aliphatic rings. The van der Waals surface area contributed by atoms with Gasteiger partial charge in [-0.2, -0.15) is 0 Å². The van der Waals surface area contributed by atoms with Crippen LogP contribution < -0.4 is 5.73 Å². The summed E-state index contributed by atoms with van der Waals surface area (Å²) in [6, 6.07) is 0. The van der Waals surface area contributed by atoms with Crippen LogP contribution in [0.5, 0.6) is 0 Å². The van der Waals surface area contributed by atoms with Gasteiger partial charge in [0.25, 0.3) is 0 Å². The van der Waals surface area contributed by atoms with E-state index >= 15 is 0 Å². The van der Waals surface area contributed by atoms with Crippen LogP contribution in [0, 0.1) is 11.8 Å². The first kappa shape index (κ1) is 13.0. The molecule has 0 aromatic heterocycles. The summed E-state index contributed by atoms with van der Waals surface area (Å²) >= 11 is 0. The zero-order chi connectivity index (χ0) is 12.1. The molecule has 5 heteroatoms. The highest BCUT2D eigenvalue weighted by Gasteiger charge is 2.26. The van der Waals surface area contributed by atoms with Gasteiger partial charge in [0.1, 0.15) is 0 Å². The summed E-state index contributed by atoms with van der Waals surface area (Å²) in [5.41, 5.74) is 5.21. The number of likely N-dealkylation sites (tertiary alicyclic amines) is 1. The number of piperidine rings is 1. The number of primary amides is 1. The van der Waals surface area contributed by atoms with Gasteiger partial charge in [0.15, 0.2) is 0 Å². The van der Waals surface area contributed by atoms with Crippen molar-refractivity contribution in [3.05, 3.63) is 0 Å². The van der Waals surface area contributed by atoms with Crippen LogP contribution in [0.4, 0.5) is 0 Å². The van der Waals surface area contributed by atoms with Gasteiger partial charge in [0.2, 0.25) is 5.91 Å². The van der Waals surface area contributed by atoms with E-state index in [-0.39, 0.29) is 23.7 Å². The molecule has 0 aromatic rings. The summed E-state index contributed by atoms with van der Waals surface area (Å²) in [5, 5.41) is 0. The Morgan fingerprint density at radius 1 is 1.44 bits per heavy atom. The zero-order valence-corrected chi connectivity index (χ0v) is 9.94. The van der Waals surface area contributed by atoms with Crippen molar-refractivity contribution in [3.8, 4) is 0 Å². The third-order valence-corrected chi connectivity index (χ3v) is 3.14. The second kappa shape index (κ2) is 5.84. The number of amides is 1. The van der Waals surface area contributed by atoms with Gasteiger partial charge in [0.05, 0.1) is 13.0 Å². The summed E-state index contributed by atoms with van der Waals surface area (Å²) in [4.78, 5) is 24.4. The molecule has 0 radical (unpaired) electrons. The van der Waals surface area contributed by atoms with E-state index in [9.17, 15) is 9.59 Å². The summed E-state index contributed by atoms with van der Waals surface area (Å²) in [7, 11) is 1.42. The maximum atomic E-state index is 11.3. The van der Waals surface area contributed by atoms with Crippen molar-refractivity contribution in [2.45, 2.75) is 19.8 Å². The number of hydrogen-bond donors (Lipinski definition) is 1. The Balaban J connectivity index is 2.32. The van der Waals surface area contributed by atoms with E-state index in [1.807, 2.05) is 6.92 Å². The zero-order valence-electron chi connectivity index (χ0n) is 9.94. The molecule has 0 bridgehead atoms. The quantitative estimate of drug-likeness (QED) is 0.687. The fraction of sp³-hybridized carbons (Fsp3) is 0.818. The van der Waals surface area contributed by atoms with Crippen LogP contribution >= 0.6 is 0 Å². The van der Waals surface area contributed by atoms with Crippen LogP contribution in [0.3, 0.4) is 0 Å². The van der Waals surface area contributed by atoms with Crippen molar-refractivity contribution in [1.29, 1.82) is 0 Å². The Morgan fingerprint density at radius 3 is 2.44 bits per heavy atom. The molecule has 1 aliphatic heterocycles. The number of carbonyl (C=O) groups excluding carboxylic acids is 2. The SMILES string of the molecule is COC(=O)C1CCN(CC(C)C(N)=O)CC1. The molecule has 0 aromatic carbocycles. The van der Waals surface area contributed by atoms with Gasteiger partial charge in [-0.1, -0.05) is 6.92 Å². The van der Waals surface area contributed by atoms with Crippen LogP contribution in [-0.2, 0) is 14.3 Å². The van der Waals surface area contributed by atoms with Crippen LogP contribution in [0.15, 0.2) is 0 Å². The van der Waals surface area contributed by atoms with Crippen LogP contribution in [-0.4, -0.2) is 43.5 Å². The first-order valence-electron chi connectivity index (χ1n) is 5.64. The molecule has 1 unspecified atom stereocenters. The van der Waals surface area contributed by atoms with Gasteiger partial charge >= 0.3 is 5.97 Å². The Morgan fingerprint density at radius 2 is 2.00 bits per heavy atom. The number of methoxy groups -OCH3 is 1. The molecule has 1 saturated heterocycles. The van der Waals surface area contributed by atoms with Gasteiger partial charge in [-0.25, -0.2) is 0 Å². The standard InChI is InChI=1S/C11H20N2O3/c1-8(10(12)14)7-13-5-3-9(4-6-13)11(15)16-2/h8-9H,3-7H2,1-2H3,(H2,12,14). The lowest BCUT2D eigenvalue weighted by Crippen LogP contribution is -2.41. The molecule has 1 rings (SSSR count). The van der Waals surface area contributed by atoms with Crippen molar-refractivity contribution in [2.24, 2.45) is 17.6 Å². The molecular formula is C11H20N2O3. The number of carbonyl (C=O) groups is 2. The molecule has 0 aliphatic carbocycles. The van der Waals surface area contributed by atoms with Crippen molar-refractivity contribution in [2.75, 3.05) is 26.7 Å². The van der Waals surface area contributed by atoms with Crippen LogP contribution in [0.2, 0.25) is 0 Å². The normalized spacial score (nSPS) is 20.4. The third-order valence-electron chi connectivity index (χ3n) is 3.14. The molecular weight excluding hydrogens is 208 g/mol. The summed E-state index contributed by atoms with van der Waals surface area (Å²) < 4.78 is 4.71. The molecule has 5 nitrogen and oxygen atoms in total. The first-order valence-corrected chi connectivity index (χ1v) is 5.64. The van der Waals surface area contributed by atoms with E-state index in [0.29, 0.717) is 6.54 Å². The van der Waals surface area contributed by atoms with Gasteiger partial charge < -0.3 is 15.4 Å². The fourth-order valence-electron chi connectivity index (χ4n) is 2.00. The lowest BCUT2D eigenvalue weighted by Gasteiger charge is -2.31. The van der Waals surface area contributed by atoms with Crippen molar-refractivity contribution in [1.82, 2.24) is 4.90 Å². The second-order valence-corrected chi connectivity index (χ2v) is 4.40. The van der Waals surface area contributed by atoms with E-state index in [0.717, 1.165) is 25.9 Å². The maximum Gasteiger partial charge on any atom is 0.308 e. The van der Waals surface area contributed by atoms with Crippen molar-refractivity contribution < 1.29 is 14.3 Å². The topological polar surface area (TPSA) is 72.6 Å². The number of nitrogens with zero attached hydrogens (tertiary/aromatic N) is 1. The molecule has 1 heterocycles. The number of nitrogens with two attached hydrogens (primary N) is 1. The molecule has 1 atom stereocenters. The Kier molecular flexibility index (Phi) is 4.73. The smallest absolute Gasteiger partial charge is 0.308 e. The molecule has 1 fully saturated rings. The van der Waals surface area contributed by atoms with Gasteiger partial charge in [-0.05, 0) is 25.9 Å². The highest BCUT2D eigenvalue weighted by molar-refractivity contribution is 5.76. The monoisotopic (exact) mass is 228 g/mol. The summed E-state index contributed by atoms with van der Waals surface area (Å²) in [6.45, 7) is 4.17. The largest absolute Gasteiger partial charge is 0.469 e. The minimum atomic E-state index is -0.268. The minimum Gasteiger partial charge on any atom is -0.469 e. The Labute approximate surface area is 95.9 Å². The lowest BCUT2D eigenvalue weighted by molar-refractivity contribution is -0.147. The fourth-order valence-corrected chi connectivity index (χ4v) is 2.00. The van der Waals surface area contributed by atoms with Crippen LogP contribution in [0.1, 0.15) is 19.8 Å². The van der Waals surface area contributed by atoms with Gasteiger partial charge in [-0.15, -0.1) is 0 Å². The van der Waals surface area contributed by atoms with E-state index in [4.69, 9.17) is 10.5 Å². The molecule has 0 spiro atoms. The van der Waals surface area contributed by atoms with E-state index < -0.39 is 0 Å². The number of ether oxygens (including phenoxy) is 1. The van der Waals surface area contributed by atoms with Gasteiger partial charge in [-0.3, -0.25) is 9.59 Å². The molecule has 1 amide bonds. The highest BCUT2D eigenvalue weighted by Crippen LogP contribution is 2.19. The van der Waals surface area contributed by atoms with Crippen molar-refractivity contribution >= 4 is 11.9 Å². The van der Waals surface area contributed by atoms with E-state index in [1.165, 1.54) is 7.11 Å². The van der Waals surface area contributed by atoms with E-state index in [2.05, 4.69) is 4.90 Å². The minimum absolute atomic E-state index is 0.0186. The summed E-state index contributed by atoms with van der Waals surface area (Å²) in [5.74, 6) is -0.502. The Bertz CT molecular complexity index is 260. The lowest BCUT2D eigenvalue weighted by atomic mass is 9.96.